The molecule has 0 spiro atoms. The number of aliphatic hydroxyl groups excluding tert-OH is 1. The van der Waals surface area contributed by atoms with Crippen LogP contribution in [0, 0.1) is 5.92 Å². The molecule has 1 fully saturated rings. The highest BCUT2D eigenvalue weighted by Crippen LogP contribution is 2.34. The van der Waals surface area contributed by atoms with Crippen LogP contribution in [0.1, 0.15) is 17.0 Å². The predicted molar refractivity (Wildman–Crippen MR) is 92.5 cm³/mol. The molecule has 1 saturated heterocycles. The van der Waals surface area contributed by atoms with Gasteiger partial charge in [0.15, 0.2) is 0 Å². The summed E-state index contributed by atoms with van der Waals surface area (Å²) in [6.45, 7) is 0.629. The van der Waals surface area contributed by atoms with E-state index >= 15 is 0 Å². The first-order valence-electron chi connectivity index (χ1n) is 7.82. The zero-order chi connectivity index (χ0) is 17.2. The summed E-state index contributed by atoms with van der Waals surface area (Å²) in [7, 11) is -1.70. The summed E-state index contributed by atoms with van der Waals surface area (Å²) in [4.78, 5) is 0. The van der Waals surface area contributed by atoms with E-state index in [1.54, 1.807) is 17.0 Å². The monoisotopic (exact) mass is 347 g/mol. The van der Waals surface area contributed by atoms with Gasteiger partial charge in [-0.2, -0.15) is 9.40 Å². The zero-order valence-corrected chi connectivity index (χ0v) is 14.3. The van der Waals surface area contributed by atoms with Crippen LogP contribution in [0.5, 0.6) is 0 Å². The van der Waals surface area contributed by atoms with Crippen LogP contribution in [0.3, 0.4) is 0 Å². The second kappa shape index (κ2) is 6.88. The minimum atomic E-state index is -3.52. The molecular formula is C17H21N3O3S. The molecule has 0 amide bonds. The van der Waals surface area contributed by atoms with E-state index in [1.807, 2.05) is 43.6 Å². The van der Waals surface area contributed by atoms with E-state index in [-0.39, 0.29) is 18.4 Å². The minimum Gasteiger partial charge on any atom is -0.396 e. The Balaban J connectivity index is 1.78. The van der Waals surface area contributed by atoms with E-state index in [9.17, 15) is 13.5 Å². The van der Waals surface area contributed by atoms with Gasteiger partial charge in [0, 0.05) is 50.2 Å². The van der Waals surface area contributed by atoms with Crippen LogP contribution in [0.2, 0.25) is 0 Å². The first-order valence-corrected chi connectivity index (χ1v) is 9.32. The van der Waals surface area contributed by atoms with Crippen molar-refractivity contribution in [3.63, 3.8) is 0 Å². The molecule has 2 aromatic rings. The molecule has 6 nitrogen and oxygen atoms in total. The molecule has 24 heavy (non-hydrogen) atoms. The molecule has 0 bridgehead atoms. The Morgan fingerprint density at radius 1 is 1.29 bits per heavy atom. The molecule has 2 heterocycles. The quantitative estimate of drug-likeness (QED) is 0.888. The number of aliphatic hydroxyl groups is 1. The Morgan fingerprint density at radius 2 is 2.04 bits per heavy atom. The van der Waals surface area contributed by atoms with Crippen LogP contribution in [0.15, 0.2) is 48.1 Å². The van der Waals surface area contributed by atoms with Crippen molar-refractivity contribution in [2.45, 2.75) is 5.92 Å². The highest BCUT2D eigenvalue weighted by molar-refractivity contribution is 7.92. The number of benzene rings is 1. The molecule has 1 aromatic carbocycles. The molecule has 7 heteroatoms. The van der Waals surface area contributed by atoms with Crippen molar-refractivity contribution in [1.82, 2.24) is 14.1 Å². The van der Waals surface area contributed by atoms with E-state index in [0.29, 0.717) is 13.1 Å². The fourth-order valence-corrected chi connectivity index (χ4v) is 4.32. The summed E-state index contributed by atoms with van der Waals surface area (Å²) >= 11 is 0. The number of aromatic nitrogens is 2. The Hall–Kier alpha value is -1.96. The SMILES string of the molecule is Cn1cc([C@@H]2CN(S(=O)(=O)/C=C/c3ccccc3)C[C@H]2CO)cn1. The van der Waals surface area contributed by atoms with Gasteiger partial charge in [0.05, 0.1) is 6.20 Å². The number of aryl methyl sites for hydroxylation is 1. The Morgan fingerprint density at radius 3 is 2.67 bits per heavy atom. The predicted octanol–water partition coefficient (Wildman–Crippen LogP) is 1.43. The summed E-state index contributed by atoms with van der Waals surface area (Å²) in [6.07, 6.45) is 5.22. The highest BCUT2D eigenvalue weighted by Gasteiger charge is 2.38. The van der Waals surface area contributed by atoms with Crippen LogP contribution in [-0.4, -0.2) is 47.3 Å². The van der Waals surface area contributed by atoms with E-state index in [0.717, 1.165) is 11.1 Å². The summed E-state index contributed by atoms with van der Waals surface area (Å²) in [5.41, 5.74) is 1.80. The van der Waals surface area contributed by atoms with Gasteiger partial charge in [-0.15, -0.1) is 0 Å². The molecule has 0 unspecified atom stereocenters. The van der Waals surface area contributed by atoms with Crippen LogP contribution in [0.25, 0.3) is 6.08 Å². The van der Waals surface area contributed by atoms with Crippen molar-refractivity contribution in [1.29, 1.82) is 0 Å². The first-order chi connectivity index (χ1) is 11.5. The summed E-state index contributed by atoms with van der Waals surface area (Å²) in [5, 5.41) is 15.0. The second-order valence-electron chi connectivity index (χ2n) is 6.07. The normalized spacial score (nSPS) is 22.4. The van der Waals surface area contributed by atoms with Crippen molar-refractivity contribution in [3.8, 4) is 0 Å². The smallest absolute Gasteiger partial charge is 0.236 e. The minimum absolute atomic E-state index is 0.0383. The molecule has 2 atom stereocenters. The highest BCUT2D eigenvalue weighted by atomic mass is 32.2. The lowest BCUT2D eigenvalue weighted by Gasteiger charge is -2.13. The number of sulfonamides is 1. The van der Waals surface area contributed by atoms with Gasteiger partial charge >= 0.3 is 0 Å². The van der Waals surface area contributed by atoms with E-state index in [1.165, 1.54) is 9.71 Å². The van der Waals surface area contributed by atoms with Gasteiger partial charge in [-0.05, 0) is 17.2 Å². The molecule has 1 aliphatic heterocycles. The zero-order valence-electron chi connectivity index (χ0n) is 13.5. The first kappa shape index (κ1) is 16.9. The van der Waals surface area contributed by atoms with Gasteiger partial charge in [0.1, 0.15) is 0 Å². The Kier molecular flexibility index (Phi) is 4.84. The molecule has 0 saturated carbocycles. The molecule has 1 N–H and O–H groups in total. The van der Waals surface area contributed by atoms with Gasteiger partial charge in [-0.25, -0.2) is 8.42 Å². The van der Waals surface area contributed by atoms with Crippen molar-refractivity contribution in [3.05, 3.63) is 59.3 Å². The Labute approximate surface area is 142 Å². The lowest BCUT2D eigenvalue weighted by Crippen LogP contribution is -2.27. The maximum atomic E-state index is 12.6. The molecular weight excluding hydrogens is 326 g/mol. The maximum Gasteiger partial charge on any atom is 0.236 e. The standard InChI is InChI=1S/C17H21N3O3S/c1-19-10-15(9-18-19)17-12-20(11-16(17)13-21)24(22,23)8-7-14-5-3-2-4-6-14/h2-10,16-17,21H,11-13H2,1H3/b8-7+/t16-,17-/m0/s1. The maximum absolute atomic E-state index is 12.6. The number of rotatable bonds is 5. The number of hydrogen-bond acceptors (Lipinski definition) is 4. The van der Waals surface area contributed by atoms with Crippen LogP contribution >= 0.6 is 0 Å². The third kappa shape index (κ3) is 3.58. The van der Waals surface area contributed by atoms with Crippen molar-refractivity contribution >= 4 is 16.1 Å². The molecule has 1 aromatic heterocycles. The number of hydrogen-bond donors (Lipinski definition) is 1. The number of nitrogens with zero attached hydrogens (tertiary/aromatic N) is 3. The second-order valence-corrected chi connectivity index (χ2v) is 7.89. The fraction of sp³-hybridized carbons (Fsp3) is 0.353. The van der Waals surface area contributed by atoms with E-state index in [2.05, 4.69) is 5.10 Å². The van der Waals surface area contributed by atoms with Gasteiger partial charge in [-0.1, -0.05) is 30.3 Å². The lowest BCUT2D eigenvalue weighted by molar-refractivity contribution is 0.223. The third-order valence-corrected chi connectivity index (χ3v) is 5.88. The van der Waals surface area contributed by atoms with E-state index in [4.69, 9.17) is 0 Å². The van der Waals surface area contributed by atoms with Gasteiger partial charge in [-0.3, -0.25) is 4.68 Å². The topological polar surface area (TPSA) is 75.4 Å². The molecule has 3 rings (SSSR count). The third-order valence-electron chi connectivity index (χ3n) is 4.39. The summed E-state index contributed by atoms with van der Waals surface area (Å²) in [5.74, 6) is -0.155. The van der Waals surface area contributed by atoms with Crippen LogP contribution in [0.4, 0.5) is 0 Å². The molecule has 1 aliphatic rings. The molecule has 0 aliphatic carbocycles. The van der Waals surface area contributed by atoms with E-state index < -0.39 is 10.0 Å². The molecule has 128 valence electrons. The average molecular weight is 347 g/mol. The lowest BCUT2D eigenvalue weighted by atomic mass is 9.92. The summed E-state index contributed by atoms with van der Waals surface area (Å²) in [6, 6.07) is 9.32. The largest absolute Gasteiger partial charge is 0.396 e. The molecule has 0 radical (unpaired) electrons. The van der Waals surface area contributed by atoms with Crippen molar-refractivity contribution < 1.29 is 13.5 Å². The van der Waals surface area contributed by atoms with Crippen LogP contribution in [-0.2, 0) is 17.1 Å². The van der Waals surface area contributed by atoms with Crippen molar-refractivity contribution in [2.75, 3.05) is 19.7 Å². The summed E-state index contributed by atoms with van der Waals surface area (Å²) < 4.78 is 28.3. The Bertz CT molecular complexity index is 815. The van der Waals surface area contributed by atoms with Crippen molar-refractivity contribution in [2.24, 2.45) is 13.0 Å². The fourth-order valence-electron chi connectivity index (χ4n) is 3.05. The van der Waals surface area contributed by atoms with Crippen LogP contribution < -0.4 is 0 Å². The van der Waals surface area contributed by atoms with Gasteiger partial charge in [0.25, 0.3) is 0 Å². The van der Waals surface area contributed by atoms with Gasteiger partial charge in [0.2, 0.25) is 10.0 Å². The average Bonchev–Trinajstić information content (AvgIpc) is 3.20. The van der Waals surface area contributed by atoms with Gasteiger partial charge < -0.3 is 5.11 Å².